The van der Waals surface area contributed by atoms with Gasteiger partial charge in [-0.15, -0.1) is 10.2 Å². The first-order valence-corrected chi connectivity index (χ1v) is 11.1. The van der Waals surface area contributed by atoms with Crippen LogP contribution in [0, 0.1) is 11.8 Å². The van der Waals surface area contributed by atoms with Crippen molar-refractivity contribution >= 4 is 11.8 Å². The van der Waals surface area contributed by atoms with Gasteiger partial charge in [-0.1, -0.05) is 33.1 Å². The highest BCUT2D eigenvalue weighted by atomic mass is 16.3. The summed E-state index contributed by atoms with van der Waals surface area (Å²) in [5, 5.41) is 18.9. The van der Waals surface area contributed by atoms with E-state index in [4.69, 9.17) is 0 Å². The second-order valence-electron chi connectivity index (χ2n) is 9.20. The molecule has 0 bridgehead atoms. The summed E-state index contributed by atoms with van der Waals surface area (Å²) in [6.45, 7) is 5.86. The molecule has 3 aliphatic rings. The molecular weight excluding hydrogens is 370 g/mol. The van der Waals surface area contributed by atoms with Gasteiger partial charge in [0.1, 0.15) is 0 Å². The predicted octanol–water partition coefficient (Wildman–Crippen LogP) is 1.88. The first kappa shape index (κ1) is 20.3. The van der Waals surface area contributed by atoms with Gasteiger partial charge in [-0.3, -0.25) is 9.59 Å². The summed E-state index contributed by atoms with van der Waals surface area (Å²) in [4.78, 5) is 29.0. The van der Waals surface area contributed by atoms with Crippen LogP contribution >= 0.6 is 0 Å². The van der Waals surface area contributed by atoms with E-state index in [1.165, 1.54) is 32.1 Å². The first-order valence-electron chi connectivity index (χ1n) is 11.1. The number of nitrogens with zero attached hydrogens (tertiary/aromatic N) is 5. The maximum atomic E-state index is 12.8. The Morgan fingerprint density at radius 3 is 2.62 bits per heavy atom. The lowest BCUT2D eigenvalue weighted by atomic mass is 9.86. The Bertz CT molecular complexity index is 755. The number of hydrogen-bond acceptors (Lipinski definition) is 5. The number of likely N-dealkylation sites (tertiary alicyclic amines) is 1. The third kappa shape index (κ3) is 4.17. The van der Waals surface area contributed by atoms with Gasteiger partial charge in [-0.2, -0.15) is 0 Å². The molecular formula is C21H33N5O3. The molecule has 1 aromatic rings. The highest BCUT2D eigenvalue weighted by Crippen LogP contribution is 2.34. The van der Waals surface area contributed by atoms with E-state index in [-0.39, 0.29) is 23.8 Å². The number of amides is 2. The summed E-state index contributed by atoms with van der Waals surface area (Å²) < 4.78 is 2.05. The summed E-state index contributed by atoms with van der Waals surface area (Å²) in [5.74, 6) is 2.18. The van der Waals surface area contributed by atoms with Crippen molar-refractivity contribution in [2.24, 2.45) is 11.8 Å². The van der Waals surface area contributed by atoms with Crippen LogP contribution in [0.2, 0.25) is 0 Å². The molecule has 8 nitrogen and oxygen atoms in total. The molecule has 2 amide bonds. The number of carbonyl (C=O) groups excluding carboxylic acids is 2. The van der Waals surface area contributed by atoms with Gasteiger partial charge in [-0.25, -0.2) is 0 Å². The van der Waals surface area contributed by atoms with E-state index in [1.54, 1.807) is 4.90 Å². The number of fused-ring (bicyclic) bond motifs is 1. The van der Waals surface area contributed by atoms with Crippen molar-refractivity contribution in [2.75, 3.05) is 13.1 Å². The molecule has 0 spiro atoms. The molecule has 8 heteroatoms. The summed E-state index contributed by atoms with van der Waals surface area (Å²) >= 11 is 0. The van der Waals surface area contributed by atoms with E-state index >= 15 is 0 Å². The molecule has 1 N–H and O–H groups in total. The minimum Gasteiger partial charge on any atom is -0.391 e. The Labute approximate surface area is 172 Å². The third-order valence-corrected chi connectivity index (χ3v) is 6.68. The van der Waals surface area contributed by atoms with Gasteiger partial charge < -0.3 is 19.5 Å². The van der Waals surface area contributed by atoms with Gasteiger partial charge in [0.15, 0.2) is 11.6 Å². The average Bonchev–Trinajstić information content (AvgIpc) is 3.30. The topological polar surface area (TPSA) is 91.6 Å². The summed E-state index contributed by atoms with van der Waals surface area (Å²) in [6, 6.07) is -0.245. The molecule has 4 rings (SSSR count). The third-order valence-electron chi connectivity index (χ3n) is 6.68. The van der Waals surface area contributed by atoms with Crippen molar-refractivity contribution in [1.29, 1.82) is 0 Å². The van der Waals surface area contributed by atoms with E-state index in [0.29, 0.717) is 44.9 Å². The van der Waals surface area contributed by atoms with Gasteiger partial charge in [0.2, 0.25) is 11.8 Å². The van der Waals surface area contributed by atoms with Crippen molar-refractivity contribution < 1.29 is 14.7 Å². The van der Waals surface area contributed by atoms with Crippen molar-refractivity contribution in [3.8, 4) is 0 Å². The van der Waals surface area contributed by atoms with Crippen molar-refractivity contribution in [1.82, 2.24) is 24.6 Å². The van der Waals surface area contributed by atoms with Gasteiger partial charge in [0, 0.05) is 38.4 Å². The molecule has 1 aromatic heterocycles. The highest BCUT2D eigenvalue weighted by molar-refractivity contribution is 5.79. The van der Waals surface area contributed by atoms with Gasteiger partial charge in [0.05, 0.1) is 18.7 Å². The molecule has 1 saturated carbocycles. The normalized spacial score (nSPS) is 25.5. The zero-order valence-electron chi connectivity index (χ0n) is 17.6. The lowest BCUT2D eigenvalue weighted by Gasteiger charge is -2.31. The number of hydrogen-bond donors (Lipinski definition) is 1. The average molecular weight is 404 g/mol. The van der Waals surface area contributed by atoms with E-state index in [1.807, 2.05) is 23.3 Å². The molecule has 3 heterocycles. The molecule has 160 valence electrons. The fourth-order valence-corrected chi connectivity index (χ4v) is 5.04. The van der Waals surface area contributed by atoms with Crippen LogP contribution in [0.25, 0.3) is 0 Å². The Morgan fingerprint density at radius 2 is 1.90 bits per heavy atom. The maximum Gasteiger partial charge on any atom is 0.225 e. The van der Waals surface area contributed by atoms with E-state index in [2.05, 4.69) is 10.2 Å². The molecule has 0 radical (unpaired) electrons. The van der Waals surface area contributed by atoms with Crippen molar-refractivity contribution in [3.05, 3.63) is 11.6 Å². The van der Waals surface area contributed by atoms with Crippen LogP contribution in [0.3, 0.4) is 0 Å². The van der Waals surface area contributed by atoms with E-state index in [0.717, 1.165) is 11.6 Å². The lowest BCUT2D eigenvalue weighted by molar-refractivity contribution is -0.136. The molecule has 2 atom stereocenters. The Balaban J connectivity index is 1.45. The van der Waals surface area contributed by atoms with Crippen molar-refractivity contribution in [3.63, 3.8) is 0 Å². The molecule has 1 saturated heterocycles. The molecule has 29 heavy (non-hydrogen) atoms. The van der Waals surface area contributed by atoms with Crippen LogP contribution in [0.4, 0.5) is 0 Å². The second-order valence-corrected chi connectivity index (χ2v) is 9.20. The van der Waals surface area contributed by atoms with Crippen LogP contribution in [0.5, 0.6) is 0 Å². The largest absolute Gasteiger partial charge is 0.391 e. The number of aliphatic hydroxyl groups is 1. The van der Waals surface area contributed by atoms with E-state index in [9.17, 15) is 14.7 Å². The summed E-state index contributed by atoms with van der Waals surface area (Å²) in [7, 11) is 0. The van der Waals surface area contributed by atoms with Gasteiger partial charge in [0.25, 0.3) is 0 Å². The maximum absolute atomic E-state index is 12.8. The number of aliphatic hydroxyl groups excluding tert-OH is 1. The molecule has 1 aliphatic carbocycles. The second kappa shape index (κ2) is 8.42. The number of carbonyl (C=O) groups is 2. The first-order chi connectivity index (χ1) is 13.9. The predicted molar refractivity (Wildman–Crippen MR) is 107 cm³/mol. The quantitative estimate of drug-likeness (QED) is 0.829. The van der Waals surface area contributed by atoms with Crippen LogP contribution in [0.1, 0.15) is 76.5 Å². The van der Waals surface area contributed by atoms with Gasteiger partial charge in [-0.05, 0) is 18.8 Å². The fraction of sp³-hybridized carbons (Fsp3) is 0.810. The lowest BCUT2D eigenvalue weighted by Crippen LogP contribution is -2.40. The summed E-state index contributed by atoms with van der Waals surface area (Å²) in [5.41, 5.74) is 0. The van der Waals surface area contributed by atoms with Crippen LogP contribution in [-0.2, 0) is 22.7 Å². The summed E-state index contributed by atoms with van der Waals surface area (Å²) in [6.07, 6.45) is 6.73. The number of β-amino-alcohol motifs (C(OH)–C–C–N with tert-alkyl or cyclic N) is 1. The zero-order chi connectivity index (χ0) is 20.5. The van der Waals surface area contributed by atoms with E-state index < -0.39 is 6.10 Å². The zero-order valence-corrected chi connectivity index (χ0v) is 17.6. The van der Waals surface area contributed by atoms with Crippen LogP contribution < -0.4 is 0 Å². The molecule has 2 aliphatic heterocycles. The monoisotopic (exact) mass is 403 g/mol. The van der Waals surface area contributed by atoms with Gasteiger partial charge >= 0.3 is 0 Å². The number of aromatic nitrogens is 3. The van der Waals surface area contributed by atoms with Crippen molar-refractivity contribution in [2.45, 2.75) is 84.0 Å². The number of rotatable bonds is 4. The fourth-order valence-electron chi connectivity index (χ4n) is 5.04. The molecule has 0 unspecified atom stereocenters. The minimum absolute atomic E-state index is 0.0315. The minimum atomic E-state index is -0.534. The Morgan fingerprint density at radius 1 is 1.14 bits per heavy atom. The highest BCUT2D eigenvalue weighted by Gasteiger charge is 2.40. The molecule has 0 aromatic carbocycles. The van der Waals surface area contributed by atoms with Crippen LogP contribution in [0.15, 0.2) is 0 Å². The smallest absolute Gasteiger partial charge is 0.225 e. The Kier molecular flexibility index (Phi) is 5.90. The Hall–Kier alpha value is -1.96. The van der Waals surface area contributed by atoms with Crippen LogP contribution in [-0.4, -0.2) is 60.7 Å². The SMILES string of the molecule is CC(C)C(=O)N1C[C@H](O)C[C@H]1c1nnc2n1CCN(C(=O)CC1CCCCC1)C2. The standard InChI is InChI=1S/C21H33N5O3/c1-14(2)21(29)26-12-16(27)11-17(26)20-23-22-18-13-24(8-9-25(18)20)19(28)10-15-6-4-3-5-7-15/h14-17,27H,3-13H2,1-2H3/t16-,17+/m1/s1. The molecule has 2 fully saturated rings.